The van der Waals surface area contributed by atoms with E-state index in [2.05, 4.69) is 20.3 Å². The fraction of sp³-hybridized carbons (Fsp3) is 0.100. The first-order valence-corrected chi connectivity index (χ1v) is 10.2. The van der Waals surface area contributed by atoms with Crippen molar-refractivity contribution in [1.29, 1.82) is 0 Å². The van der Waals surface area contributed by atoms with E-state index in [0.29, 0.717) is 10.7 Å². The highest BCUT2D eigenvalue weighted by atomic mass is 32.1. The van der Waals surface area contributed by atoms with Crippen molar-refractivity contribution in [2.24, 2.45) is 0 Å². The highest BCUT2D eigenvalue weighted by Gasteiger charge is 2.18. The smallest absolute Gasteiger partial charge is 0.271 e. The van der Waals surface area contributed by atoms with Gasteiger partial charge >= 0.3 is 0 Å². The molecule has 140 valence electrons. The maximum Gasteiger partial charge on any atom is 0.271 e. The molecule has 0 saturated heterocycles. The van der Waals surface area contributed by atoms with Gasteiger partial charge in [0.2, 0.25) is 0 Å². The molecule has 0 bridgehead atoms. The lowest BCUT2D eigenvalue weighted by Gasteiger charge is -2.09. The second kappa shape index (κ2) is 7.95. The van der Waals surface area contributed by atoms with Crippen molar-refractivity contribution in [3.63, 3.8) is 0 Å². The molecule has 0 aliphatic carbocycles. The van der Waals surface area contributed by atoms with Crippen LogP contribution in [0, 0.1) is 5.82 Å². The van der Waals surface area contributed by atoms with Crippen LogP contribution in [0.4, 0.5) is 4.39 Å². The highest BCUT2D eigenvalue weighted by molar-refractivity contribution is 7.13. The van der Waals surface area contributed by atoms with Crippen LogP contribution in [-0.4, -0.2) is 20.9 Å². The van der Waals surface area contributed by atoms with Gasteiger partial charge in [-0.2, -0.15) is 0 Å². The summed E-state index contributed by atoms with van der Waals surface area (Å²) in [6.45, 7) is 1.89. The van der Waals surface area contributed by atoms with E-state index in [1.165, 1.54) is 34.8 Å². The number of carbonyl (C=O) groups is 1. The van der Waals surface area contributed by atoms with E-state index in [1.54, 1.807) is 29.9 Å². The molecule has 8 heteroatoms. The molecule has 0 saturated carbocycles. The first-order valence-electron chi connectivity index (χ1n) is 8.48. The minimum Gasteiger partial charge on any atom is -0.342 e. The quantitative estimate of drug-likeness (QED) is 0.505. The maximum atomic E-state index is 13.1. The van der Waals surface area contributed by atoms with E-state index in [9.17, 15) is 9.18 Å². The number of benzene rings is 1. The van der Waals surface area contributed by atoms with Crippen LogP contribution in [0.2, 0.25) is 0 Å². The van der Waals surface area contributed by atoms with Crippen molar-refractivity contribution in [3.8, 4) is 21.8 Å². The van der Waals surface area contributed by atoms with E-state index < -0.39 is 0 Å². The lowest BCUT2D eigenvalue weighted by molar-refractivity contribution is 0.0935. The number of nitrogens with zero attached hydrogens (tertiary/aromatic N) is 3. The van der Waals surface area contributed by atoms with E-state index >= 15 is 0 Å². The van der Waals surface area contributed by atoms with Gasteiger partial charge in [-0.3, -0.25) is 9.78 Å². The summed E-state index contributed by atoms with van der Waals surface area (Å²) >= 11 is 2.83. The van der Waals surface area contributed by atoms with Crippen molar-refractivity contribution >= 4 is 28.6 Å². The summed E-state index contributed by atoms with van der Waals surface area (Å²) in [5.74, 6) is -0.573. The van der Waals surface area contributed by atoms with Crippen molar-refractivity contribution in [2.45, 2.75) is 13.0 Å². The Hall–Kier alpha value is -2.97. The summed E-state index contributed by atoms with van der Waals surface area (Å²) in [5, 5.41) is 8.05. The fourth-order valence-electron chi connectivity index (χ4n) is 2.57. The van der Waals surface area contributed by atoms with Gasteiger partial charge in [-0.25, -0.2) is 14.4 Å². The minimum absolute atomic E-state index is 0.251. The molecule has 4 aromatic rings. The summed E-state index contributed by atoms with van der Waals surface area (Å²) in [4.78, 5) is 25.6. The Balaban J connectivity index is 1.45. The van der Waals surface area contributed by atoms with Crippen molar-refractivity contribution in [3.05, 3.63) is 76.1 Å². The molecule has 1 N–H and O–H groups in total. The Morgan fingerprint density at radius 3 is 2.64 bits per heavy atom. The van der Waals surface area contributed by atoms with Crippen molar-refractivity contribution < 1.29 is 9.18 Å². The molecule has 0 spiro atoms. The van der Waals surface area contributed by atoms with Gasteiger partial charge in [-0.05, 0) is 43.3 Å². The lowest BCUT2D eigenvalue weighted by Crippen LogP contribution is -2.26. The first kappa shape index (κ1) is 18.4. The molecule has 0 aliphatic heterocycles. The third-order valence-electron chi connectivity index (χ3n) is 4.03. The number of carbonyl (C=O) groups excluding carboxylic acids is 1. The second-order valence-electron chi connectivity index (χ2n) is 6.05. The van der Waals surface area contributed by atoms with Crippen LogP contribution < -0.4 is 5.32 Å². The fourth-order valence-corrected chi connectivity index (χ4v) is 4.21. The monoisotopic (exact) mass is 410 g/mol. The van der Waals surface area contributed by atoms with Crippen LogP contribution in [-0.2, 0) is 0 Å². The topological polar surface area (TPSA) is 67.8 Å². The zero-order valence-electron chi connectivity index (χ0n) is 14.8. The first-order chi connectivity index (χ1) is 13.6. The number of rotatable bonds is 5. The average molecular weight is 410 g/mol. The number of thiazole rings is 2. The third-order valence-corrected chi connectivity index (χ3v) is 5.94. The van der Waals surface area contributed by atoms with Gasteiger partial charge in [0.05, 0.1) is 11.7 Å². The molecule has 0 fully saturated rings. The summed E-state index contributed by atoms with van der Waals surface area (Å²) in [5.41, 5.74) is 2.88. The Labute approximate surface area is 169 Å². The van der Waals surface area contributed by atoms with Crippen LogP contribution >= 0.6 is 22.7 Å². The molecule has 1 aromatic carbocycles. The van der Waals surface area contributed by atoms with Crippen LogP contribution in [0.1, 0.15) is 28.5 Å². The number of hydrogen-bond donors (Lipinski definition) is 1. The highest BCUT2D eigenvalue weighted by Crippen LogP contribution is 2.26. The maximum absolute atomic E-state index is 13.1. The molecule has 5 nitrogen and oxygen atoms in total. The molecule has 28 heavy (non-hydrogen) atoms. The van der Waals surface area contributed by atoms with Crippen LogP contribution in [0.5, 0.6) is 0 Å². The lowest BCUT2D eigenvalue weighted by atomic mass is 10.2. The number of halogens is 1. The SMILES string of the molecule is CC(NC(=O)c1csc(-c2ccc(F)cc2)n1)c1nc(-c2cccnc2)cs1. The molecule has 0 aliphatic rings. The summed E-state index contributed by atoms with van der Waals surface area (Å²) in [6.07, 6.45) is 3.47. The molecular formula is C20H15FN4OS2. The van der Waals surface area contributed by atoms with Crippen LogP contribution in [0.25, 0.3) is 21.8 Å². The van der Waals surface area contributed by atoms with Gasteiger partial charge in [-0.1, -0.05) is 0 Å². The molecule has 3 heterocycles. The zero-order valence-corrected chi connectivity index (χ0v) is 16.4. The summed E-state index contributed by atoms with van der Waals surface area (Å²) in [7, 11) is 0. The van der Waals surface area contributed by atoms with Crippen LogP contribution in [0.3, 0.4) is 0 Å². The van der Waals surface area contributed by atoms with Crippen molar-refractivity contribution in [1.82, 2.24) is 20.3 Å². The molecule has 1 atom stereocenters. The molecule has 1 unspecified atom stereocenters. The second-order valence-corrected chi connectivity index (χ2v) is 7.80. The molecule has 4 rings (SSSR count). The minimum atomic E-state index is -0.304. The largest absolute Gasteiger partial charge is 0.342 e. The third kappa shape index (κ3) is 3.97. The Morgan fingerprint density at radius 2 is 1.89 bits per heavy atom. The average Bonchev–Trinajstić information content (AvgIpc) is 3.39. The number of hydrogen-bond acceptors (Lipinski definition) is 6. The Kier molecular flexibility index (Phi) is 5.23. The van der Waals surface area contributed by atoms with Gasteiger partial charge in [0.15, 0.2) is 0 Å². The molecule has 3 aromatic heterocycles. The summed E-state index contributed by atoms with van der Waals surface area (Å²) in [6, 6.07) is 9.60. The molecular weight excluding hydrogens is 395 g/mol. The normalized spacial score (nSPS) is 11.9. The predicted octanol–water partition coefficient (Wildman–Crippen LogP) is 4.96. The van der Waals surface area contributed by atoms with E-state index in [-0.39, 0.29) is 17.8 Å². The van der Waals surface area contributed by atoms with E-state index in [0.717, 1.165) is 21.8 Å². The Bertz CT molecular complexity index is 1090. The Morgan fingerprint density at radius 1 is 1.07 bits per heavy atom. The van der Waals surface area contributed by atoms with Crippen molar-refractivity contribution in [2.75, 3.05) is 0 Å². The van der Waals surface area contributed by atoms with Gasteiger partial charge in [0, 0.05) is 34.3 Å². The molecule has 0 radical (unpaired) electrons. The van der Waals surface area contributed by atoms with Gasteiger partial charge in [-0.15, -0.1) is 22.7 Å². The zero-order chi connectivity index (χ0) is 19.5. The number of nitrogens with one attached hydrogen (secondary N) is 1. The van der Waals surface area contributed by atoms with Crippen LogP contribution in [0.15, 0.2) is 59.6 Å². The predicted molar refractivity (Wildman–Crippen MR) is 109 cm³/mol. The number of aromatic nitrogens is 3. The molecule has 1 amide bonds. The van der Waals surface area contributed by atoms with Gasteiger partial charge in [0.25, 0.3) is 5.91 Å². The number of pyridine rings is 1. The standard InChI is InChI=1S/C20H15FN4OS2/c1-12(19-24-16(10-27-19)14-3-2-8-22-9-14)23-18(26)17-11-28-20(25-17)13-4-6-15(21)7-5-13/h2-12H,1H3,(H,23,26). The summed E-state index contributed by atoms with van der Waals surface area (Å²) < 4.78 is 13.1. The number of amides is 1. The van der Waals surface area contributed by atoms with Gasteiger partial charge < -0.3 is 5.32 Å². The van der Waals surface area contributed by atoms with E-state index in [4.69, 9.17) is 0 Å². The van der Waals surface area contributed by atoms with E-state index in [1.807, 2.05) is 24.4 Å². The van der Waals surface area contributed by atoms with Gasteiger partial charge in [0.1, 0.15) is 21.5 Å².